The largest absolute Gasteiger partial charge is 0.309 e. The summed E-state index contributed by atoms with van der Waals surface area (Å²) in [5.74, 6) is 0. The van der Waals surface area contributed by atoms with Gasteiger partial charge in [-0.25, -0.2) is 13.1 Å². The zero-order valence-corrected chi connectivity index (χ0v) is 14.0. The Hall–Kier alpha value is -1.80. The second-order valence-corrected chi connectivity index (χ2v) is 8.63. The molecule has 1 aromatic carbocycles. The van der Waals surface area contributed by atoms with Crippen LogP contribution in [-0.4, -0.2) is 46.2 Å². The van der Waals surface area contributed by atoms with Gasteiger partial charge in [-0.1, -0.05) is 12.1 Å². The lowest BCUT2D eigenvalue weighted by atomic mass is 10.1. The van der Waals surface area contributed by atoms with E-state index < -0.39 is 14.6 Å². The highest BCUT2D eigenvalue weighted by Crippen LogP contribution is 2.18. The van der Waals surface area contributed by atoms with E-state index in [0.29, 0.717) is 6.54 Å². The summed E-state index contributed by atoms with van der Waals surface area (Å²) in [7, 11) is -3.10. The predicted molar refractivity (Wildman–Crippen MR) is 84.5 cm³/mol. The van der Waals surface area contributed by atoms with Gasteiger partial charge in [-0.05, 0) is 48.9 Å². The highest BCUT2D eigenvalue weighted by atomic mass is 32.2. The van der Waals surface area contributed by atoms with Crippen molar-refractivity contribution in [2.24, 2.45) is 0 Å². The van der Waals surface area contributed by atoms with Crippen molar-refractivity contribution in [1.29, 1.82) is 0 Å². The molecule has 2 aromatic rings. The van der Waals surface area contributed by atoms with E-state index in [1.54, 1.807) is 18.5 Å². The van der Waals surface area contributed by atoms with Gasteiger partial charge in [0.1, 0.15) is 6.33 Å². The molecule has 0 aliphatic rings. The second-order valence-electron chi connectivity index (χ2n) is 5.98. The number of hydrogen-bond acceptors (Lipinski definition) is 6. The van der Waals surface area contributed by atoms with Crippen molar-refractivity contribution in [2.75, 3.05) is 12.8 Å². The fourth-order valence-electron chi connectivity index (χ4n) is 1.84. The topological polar surface area (TPSA) is 89.8 Å². The van der Waals surface area contributed by atoms with Crippen molar-refractivity contribution in [3.8, 4) is 5.69 Å². The monoisotopic (exact) mass is 323 g/mol. The summed E-state index contributed by atoms with van der Waals surface area (Å²) in [6.07, 6.45) is 2.80. The van der Waals surface area contributed by atoms with Crippen LogP contribution in [0.15, 0.2) is 30.6 Å². The molecule has 1 heterocycles. The molecule has 22 heavy (non-hydrogen) atoms. The average Bonchev–Trinajstić information content (AvgIpc) is 2.98. The van der Waals surface area contributed by atoms with Gasteiger partial charge in [0.25, 0.3) is 0 Å². The number of nitrogens with zero attached hydrogens (tertiary/aromatic N) is 4. The van der Waals surface area contributed by atoms with Gasteiger partial charge in [-0.15, -0.1) is 5.10 Å². The van der Waals surface area contributed by atoms with Gasteiger partial charge in [-0.2, -0.15) is 0 Å². The fraction of sp³-hybridized carbons (Fsp3) is 0.500. The Morgan fingerprint density at radius 2 is 1.91 bits per heavy atom. The van der Waals surface area contributed by atoms with Crippen LogP contribution >= 0.6 is 0 Å². The summed E-state index contributed by atoms with van der Waals surface area (Å²) in [5, 5.41) is 14.3. The van der Waals surface area contributed by atoms with E-state index in [-0.39, 0.29) is 6.04 Å². The van der Waals surface area contributed by atoms with Crippen LogP contribution < -0.4 is 5.32 Å². The molecule has 0 unspecified atom stereocenters. The number of tetrazole rings is 1. The van der Waals surface area contributed by atoms with E-state index in [1.807, 2.05) is 31.2 Å². The second kappa shape index (κ2) is 6.13. The first-order valence-corrected chi connectivity index (χ1v) is 8.86. The molecule has 120 valence electrons. The van der Waals surface area contributed by atoms with Gasteiger partial charge in [0.15, 0.2) is 9.84 Å². The third kappa shape index (κ3) is 3.69. The zero-order chi connectivity index (χ0) is 16.4. The maximum atomic E-state index is 11.7. The summed E-state index contributed by atoms with van der Waals surface area (Å²) in [6.45, 7) is 5.85. The minimum atomic E-state index is -3.10. The molecular formula is C14H21N5O2S. The van der Waals surface area contributed by atoms with Crippen LogP contribution in [0.3, 0.4) is 0 Å². The van der Waals surface area contributed by atoms with E-state index in [0.717, 1.165) is 11.3 Å². The molecule has 1 N–H and O–H groups in total. The van der Waals surface area contributed by atoms with Crippen molar-refractivity contribution >= 4 is 9.84 Å². The first-order chi connectivity index (χ1) is 10.2. The van der Waals surface area contributed by atoms with Gasteiger partial charge < -0.3 is 5.32 Å². The number of benzene rings is 1. The van der Waals surface area contributed by atoms with Crippen molar-refractivity contribution < 1.29 is 8.42 Å². The van der Waals surface area contributed by atoms with Crippen molar-refractivity contribution in [3.63, 3.8) is 0 Å². The average molecular weight is 323 g/mol. The SMILES string of the molecule is C[C@H](NCC(C)(C)S(C)(=O)=O)c1ccc(-n2cnnn2)cc1. The Bertz CT molecular complexity index is 708. The lowest BCUT2D eigenvalue weighted by Gasteiger charge is -2.25. The van der Waals surface area contributed by atoms with Crippen LogP contribution in [0.25, 0.3) is 5.69 Å². The summed E-state index contributed by atoms with van der Waals surface area (Å²) in [4.78, 5) is 0. The van der Waals surface area contributed by atoms with Crippen LogP contribution in [0.4, 0.5) is 0 Å². The standard InChI is InChI=1S/C14H21N5O2S/c1-11(15-9-14(2,3)22(4,20)21)12-5-7-13(8-6-12)19-10-16-17-18-19/h5-8,10-11,15H,9H2,1-4H3/t11-/m0/s1. The molecule has 8 heteroatoms. The van der Waals surface area contributed by atoms with Gasteiger partial charge in [0.05, 0.1) is 10.4 Å². The van der Waals surface area contributed by atoms with Crippen molar-refractivity contribution in [2.45, 2.75) is 31.6 Å². The molecular weight excluding hydrogens is 302 g/mol. The summed E-state index contributed by atoms with van der Waals surface area (Å²) < 4.78 is 24.2. The number of sulfone groups is 1. The molecule has 0 radical (unpaired) electrons. The predicted octanol–water partition coefficient (Wildman–Crippen LogP) is 1.14. The molecule has 1 atom stereocenters. The Kier molecular flexibility index (Phi) is 4.62. The number of rotatable bonds is 6. The molecule has 0 saturated heterocycles. The lowest BCUT2D eigenvalue weighted by molar-refractivity contribution is 0.489. The van der Waals surface area contributed by atoms with Crippen LogP contribution in [0.2, 0.25) is 0 Å². The van der Waals surface area contributed by atoms with Crippen molar-refractivity contribution in [1.82, 2.24) is 25.5 Å². The maximum Gasteiger partial charge on any atom is 0.153 e. The van der Waals surface area contributed by atoms with E-state index >= 15 is 0 Å². The van der Waals surface area contributed by atoms with Gasteiger partial charge >= 0.3 is 0 Å². The van der Waals surface area contributed by atoms with Crippen LogP contribution in [0, 0.1) is 0 Å². The quantitative estimate of drug-likeness (QED) is 0.857. The molecule has 0 amide bonds. The summed E-state index contributed by atoms with van der Waals surface area (Å²) in [5.41, 5.74) is 1.94. The Morgan fingerprint density at radius 1 is 1.27 bits per heavy atom. The number of nitrogens with one attached hydrogen (secondary N) is 1. The molecule has 0 aliphatic carbocycles. The van der Waals surface area contributed by atoms with Gasteiger partial charge in [0.2, 0.25) is 0 Å². The maximum absolute atomic E-state index is 11.7. The lowest BCUT2D eigenvalue weighted by Crippen LogP contribution is -2.42. The highest BCUT2D eigenvalue weighted by molar-refractivity contribution is 7.92. The molecule has 7 nitrogen and oxygen atoms in total. The third-order valence-corrected chi connectivity index (χ3v) is 6.00. The van der Waals surface area contributed by atoms with E-state index in [2.05, 4.69) is 20.8 Å². The zero-order valence-electron chi connectivity index (χ0n) is 13.2. The Labute approximate surface area is 130 Å². The minimum Gasteiger partial charge on any atom is -0.309 e. The molecule has 0 aliphatic heterocycles. The molecule has 0 spiro atoms. The fourth-order valence-corrected chi connectivity index (χ4v) is 2.19. The van der Waals surface area contributed by atoms with Gasteiger partial charge in [-0.3, -0.25) is 0 Å². The van der Waals surface area contributed by atoms with Crippen LogP contribution in [0.1, 0.15) is 32.4 Å². The van der Waals surface area contributed by atoms with E-state index in [4.69, 9.17) is 0 Å². The normalized spacial score (nSPS) is 14.0. The molecule has 0 fully saturated rings. The first kappa shape index (κ1) is 16.6. The number of aromatic nitrogens is 4. The highest BCUT2D eigenvalue weighted by Gasteiger charge is 2.30. The number of hydrogen-bond donors (Lipinski definition) is 1. The Balaban J connectivity index is 2.03. The van der Waals surface area contributed by atoms with E-state index in [9.17, 15) is 8.42 Å². The van der Waals surface area contributed by atoms with Crippen LogP contribution in [-0.2, 0) is 9.84 Å². The van der Waals surface area contributed by atoms with E-state index in [1.165, 1.54) is 12.6 Å². The summed E-state index contributed by atoms with van der Waals surface area (Å²) >= 11 is 0. The molecule has 2 rings (SSSR count). The molecule has 1 aromatic heterocycles. The minimum absolute atomic E-state index is 0.0453. The third-order valence-electron chi connectivity index (χ3n) is 3.84. The summed E-state index contributed by atoms with van der Waals surface area (Å²) in [6, 6.07) is 7.84. The van der Waals surface area contributed by atoms with Crippen LogP contribution in [0.5, 0.6) is 0 Å². The van der Waals surface area contributed by atoms with Crippen molar-refractivity contribution in [3.05, 3.63) is 36.2 Å². The molecule has 0 bridgehead atoms. The molecule has 0 saturated carbocycles. The first-order valence-electron chi connectivity index (χ1n) is 6.97. The smallest absolute Gasteiger partial charge is 0.153 e. The van der Waals surface area contributed by atoms with Gasteiger partial charge in [0, 0.05) is 18.8 Å². The Morgan fingerprint density at radius 3 is 2.41 bits per heavy atom.